The smallest absolute Gasteiger partial charge is 0.351 e. The molecule has 0 atom stereocenters. The summed E-state index contributed by atoms with van der Waals surface area (Å²) in [6.07, 6.45) is 0.0213. The Labute approximate surface area is 150 Å². The second kappa shape index (κ2) is 8.44. The SMILES string of the molecule is FC(F)(F)CCc1ccnc(NC2CCN(Cc3ccccn3)CC2)n1. The molecule has 3 rings (SSSR count). The van der Waals surface area contributed by atoms with Crippen LogP contribution in [0.4, 0.5) is 19.1 Å². The van der Waals surface area contributed by atoms with E-state index >= 15 is 0 Å². The summed E-state index contributed by atoms with van der Waals surface area (Å²) in [5, 5.41) is 3.26. The van der Waals surface area contributed by atoms with E-state index in [9.17, 15) is 13.2 Å². The van der Waals surface area contributed by atoms with Crippen molar-refractivity contribution in [3.05, 3.63) is 48.0 Å². The molecule has 0 saturated carbocycles. The summed E-state index contributed by atoms with van der Waals surface area (Å²) < 4.78 is 37.0. The first-order valence-corrected chi connectivity index (χ1v) is 8.75. The van der Waals surface area contributed by atoms with E-state index in [0.29, 0.717) is 11.6 Å². The first-order valence-electron chi connectivity index (χ1n) is 8.75. The second-order valence-electron chi connectivity index (χ2n) is 6.50. The van der Waals surface area contributed by atoms with Crippen molar-refractivity contribution in [2.75, 3.05) is 18.4 Å². The number of piperidine rings is 1. The Morgan fingerprint density at radius 1 is 1.04 bits per heavy atom. The van der Waals surface area contributed by atoms with Crippen LogP contribution in [-0.2, 0) is 13.0 Å². The highest BCUT2D eigenvalue weighted by Gasteiger charge is 2.27. The molecule has 0 bridgehead atoms. The highest BCUT2D eigenvalue weighted by atomic mass is 19.4. The van der Waals surface area contributed by atoms with Crippen molar-refractivity contribution in [3.63, 3.8) is 0 Å². The summed E-state index contributed by atoms with van der Waals surface area (Å²) in [7, 11) is 0. The van der Waals surface area contributed by atoms with Crippen LogP contribution in [0.3, 0.4) is 0 Å². The fourth-order valence-electron chi connectivity index (χ4n) is 3.01. The van der Waals surface area contributed by atoms with E-state index in [1.54, 1.807) is 6.20 Å². The maximum atomic E-state index is 12.3. The van der Waals surface area contributed by atoms with Crippen molar-refractivity contribution < 1.29 is 13.2 Å². The van der Waals surface area contributed by atoms with Crippen LogP contribution in [0.15, 0.2) is 36.7 Å². The minimum atomic E-state index is -4.17. The van der Waals surface area contributed by atoms with Crippen molar-refractivity contribution in [1.82, 2.24) is 19.9 Å². The van der Waals surface area contributed by atoms with Gasteiger partial charge in [-0.15, -0.1) is 0 Å². The number of likely N-dealkylation sites (tertiary alicyclic amines) is 1. The van der Waals surface area contributed by atoms with Gasteiger partial charge in [-0.2, -0.15) is 13.2 Å². The minimum Gasteiger partial charge on any atom is -0.351 e. The number of nitrogens with one attached hydrogen (secondary N) is 1. The molecule has 0 amide bonds. The van der Waals surface area contributed by atoms with E-state index < -0.39 is 12.6 Å². The van der Waals surface area contributed by atoms with Gasteiger partial charge in [-0.3, -0.25) is 9.88 Å². The van der Waals surface area contributed by atoms with Gasteiger partial charge in [0.05, 0.1) is 5.69 Å². The fraction of sp³-hybridized carbons (Fsp3) is 0.500. The van der Waals surface area contributed by atoms with Gasteiger partial charge in [-0.1, -0.05) is 6.07 Å². The molecule has 5 nitrogen and oxygen atoms in total. The average Bonchev–Trinajstić information content (AvgIpc) is 2.62. The molecule has 0 aromatic carbocycles. The fourth-order valence-corrected chi connectivity index (χ4v) is 3.01. The maximum Gasteiger partial charge on any atom is 0.389 e. The largest absolute Gasteiger partial charge is 0.389 e. The van der Waals surface area contributed by atoms with Gasteiger partial charge >= 0.3 is 6.18 Å². The van der Waals surface area contributed by atoms with E-state index in [-0.39, 0.29) is 12.5 Å². The summed E-state index contributed by atoms with van der Waals surface area (Å²) >= 11 is 0. The van der Waals surface area contributed by atoms with E-state index in [1.807, 2.05) is 18.2 Å². The molecule has 0 spiro atoms. The van der Waals surface area contributed by atoms with E-state index in [1.165, 1.54) is 12.3 Å². The highest BCUT2D eigenvalue weighted by Crippen LogP contribution is 2.22. The Hall–Kier alpha value is -2.22. The predicted molar refractivity (Wildman–Crippen MR) is 92.6 cm³/mol. The zero-order valence-electron chi connectivity index (χ0n) is 14.4. The van der Waals surface area contributed by atoms with Crippen molar-refractivity contribution >= 4 is 5.95 Å². The first kappa shape index (κ1) is 18.6. The van der Waals surface area contributed by atoms with Gasteiger partial charge < -0.3 is 5.32 Å². The highest BCUT2D eigenvalue weighted by molar-refractivity contribution is 5.27. The topological polar surface area (TPSA) is 53.9 Å². The molecule has 0 radical (unpaired) electrons. The Morgan fingerprint density at radius 2 is 1.85 bits per heavy atom. The van der Waals surface area contributed by atoms with Crippen molar-refractivity contribution in [2.45, 2.75) is 44.4 Å². The number of alkyl halides is 3. The zero-order chi connectivity index (χ0) is 18.4. The number of halogens is 3. The van der Waals surface area contributed by atoms with Crippen LogP contribution >= 0.6 is 0 Å². The Balaban J connectivity index is 1.47. The average molecular weight is 365 g/mol. The van der Waals surface area contributed by atoms with Gasteiger partial charge in [-0.25, -0.2) is 9.97 Å². The monoisotopic (exact) mass is 365 g/mol. The molecule has 1 N–H and O–H groups in total. The lowest BCUT2D eigenvalue weighted by molar-refractivity contribution is -0.134. The maximum absolute atomic E-state index is 12.3. The standard InChI is InChI=1S/C18H22F3N5/c19-18(20,21)8-4-14-5-10-23-17(24-14)25-15-6-11-26(12-7-15)13-16-3-1-2-9-22-16/h1-3,5,9-10,15H,4,6-8,11-13H2,(H,23,24,25). The molecule has 1 aliphatic heterocycles. The van der Waals surface area contributed by atoms with Gasteiger partial charge in [0.25, 0.3) is 0 Å². The van der Waals surface area contributed by atoms with Crippen LogP contribution in [-0.4, -0.2) is 45.2 Å². The van der Waals surface area contributed by atoms with Crippen LogP contribution in [0, 0.1) is 0 Å². The quantitative estimate of drug-likeness (QED) is 0.850. The number of aryl methyl sites for hydroxylation is 1. The molecule has 0 aliphatic carbocycles. The summed E-state index contributed by atoms with van der Waals surface area (Å²) in [5.74, 6) is 0.410. The van der Waals surface area contributed by atoms with Crippen LogP contribution in [0.25, 0.3) is 0 Å². The van der Waals surface area contributed by atoms with Gasteiger partial charge in [0.2, 0.25) is 5.95 Å². The molecule has 2 aromatic heterocycles. The molecular formula is C18H22F3N5. The molecule has 1 fully saturated rings. The molecule has 1 saturated heterocycles. The number of hydrogen-bond donors (Lipinski definition) is 1. The van der Waals surface area contributed by atoms with Crippen LogP contribution in [0.5, 0.6) is 0 Å². The van der Waals surface area contributed by atoms with E-state index in [2.05, 4.69) is 25.2 Å². The number of hydrogen-bond acceptors (Lipinski definition) is 5. The third-order valence-corrected chi connectivity index (χ3v) is 4.41. The lowest BCUT2D eigenvalue weighted by Gasteiger charge is -2.32. The number of rotatable bonds is 6. The Morgan fingerprint density at radius 3 is 2.54 bits per heavy atom. The van der Waals surface area contributed by atoms with Crippen molar-refractivity contribution in [3.8, 4) is 0 Å². The number of aromatic nitrogens is 3. The molecule has 0 unspecified atom stereocenters. The number of nitrogens with zero attached hydrogens (tertiary/aromatic N) is 4. The van der Waals surface area contributed by atoms with Crippen LogP contribution in [0.1, 0.15) is 30.7 Å². The van der Waals surface area contributed by atoms with Gasteiger partial charge in [0, 0.05) is 50.2 Å². The van der Waals surface area contributed by atoms with E-state index in [0.717, 1.165) is 38.2 Å². The minimum absolute atomic E-state index is 0.122. The van der Waals surface area contributed by atoms with Gasteiger partial charge in [0.15, 0.2) is 0 Å². The molecular weight excluding hydrogens is 343 g/mol. The van der Waals surface area contributed by atoms with Crippen LogP contribution < -0.4 is 5.32 Å². The molecule has 1 aliphatic rings. The van der Waals surface area contributed by atoms with Gasteiger partial charge in [0.1, 0.15) is 0 Å². The summed E-state index contributed by atoms with van der Waals surface area (Å²) in [4.78, 5) is 15.0. The number of pyridine rings is 1. The lowest BCUT2D eigenvalue weighted by Crippen LogP contribution is -2.39. The van der Waals surface area contributed by atoms with Gasteiger partial charge in [-0.05, 0) is 37.5 Å². The van der Waals surface area contributed by atoms with Crippen molar-refractivity contribution in [2.24, 2.45) is 0 Å². The van der Waals surface area contributed by atoms with E-state index in [4.69, 9.17) is 0 Å². The summed E-state index contributed by atoms with van der Waals surface area (Å²) in [6, 6.07) is 7.67. The number of anilines is 1. The third-order valence-electron chi connectivity index (χ3n) is 4.41. The zero-order valence-corrected chi connectivity index (χ0v) is 14.4. The predicted octanol–water partition coefficient (Wildman–Crippen LogP) is 3.44. The Bertz CT molecular complexity index is 685. The lowest BCUT2D eigenvalue weighted by atomic mass is 10.1. The third kappa shape index (κ3) is 5.94. The summed E-state index contributed by atoms with van der Waals surface area (Å²) in [6.45, 7) is 2.70. The molecule has 26 heavy (non-hydrogen) atoms. The Kier molecular flexibility index (Phi) is 6.03. The first-order chi connectivity index (χ1) is 12.5. The second-order valence-corrected chi connectivity index (χ2v) is 6.50. The summed E-state index contributed by atoms with van der Waals surface area (Å²) in [5.41, 5.74) is 1.46. The van der Waals surface area contributed by atoms with Crippen molar-refractivity contribution in [1.29, 1.82) is 0 Å². The molecule has 3 heterocycles. The van der Waals surface area contributed by atoms with Crippen LogP contribution in [0.2, 0.25) is 0 Å². The molecule has 140 valence electrons. The molecule has 2 aromatic rings. The molecule has 8 heteroatoms. The normalized spacial score (nSPS) is 16.6.